The largest absolute Gasteiger partial charge is 0.361 e. The van der Waals surface area contributed by atoms with Crippen molar-refractivity contribution in [2.45, 2.75) is 0 Å². The Hall–Kier alpha value is -0.760. The van der Waals surface area contributed by atoms with E-state index in [9.17, 15) is 0 Å². The zero-order chi connectivity index (χ0) is 6.53. The molecule has 50 valence electrons. The summed E-state index contributed by atoms with van der Waals surface area (Å²) in [6.45, 7) is 1.96. The molecular formula is C7H12N2. The molecule has 0 unspecified atom stereocenters. The second-order valence-electron chi connectivity index (χ2n) is 2.05. The Morgan fingerprint density at radius 1 is 1.56 bits per heavy atom. The van der Waals surface area contributed by atoms with Crippen molar-refractivity contribution in [3.63, 3.8) is 0 Å². The Balaban J connectivity index is 2.28. The van der Waals surface area contributed by atoms with Gasteiger partial charge in [-0.1, -0.05) is 12.2 Å². The van der Waals surface area contributed by atoms with Crippen molar-refractivity contribution in [1.82, 2.24) is 10.2 Å². The van der Waals surface area contributed by atoms with Crippen LogP contribution in [0.25, 0.3) is 0 Å². The van der Waals surface area contributed by atoms with Crippen molar-refractivity contribution < 1.29 is 0 Å². The van der Waals surface area contributed by atoms with E-state index < -0.39 is 0 Å². The number of hydrogen-bond donors (Lipinski definition) is 1. The number of hydrogen-bond acceptors (Lipinski definition) is 2. The van der Waals surface area contributed by atoms with Gasteiger partial charge < -0.3 is 10.2 Å². The van der Waals surface area contributed by atoms with Crippen molar-refractivity contribution in [2.75, 3.05) is 20.3 Å². The van der Waals surface area contributed by atoms with E-state index in [1.165, 1.54) is 0 Å². The molecule has 0 aromatic carbocycles. The van der Waals surface area contributed by atoms with Crippen LogP contribution in [-0.2, 0) is 0 Å². The summed E-state index contributed by atoms with van der Waals surface area (Å²) in [5, 5.41) is 3.08. The first-order chi connectivity index (χ1) is 4.43. The third-order valence-electron chi connectivity index (χ3n) is 1.25. The highest BCUT2D eigenvalue weighted by molar-refractivity contribution is 5.08. The third-order valence-corrected chi connectivity index (χ3v) is 1.25. The quantitative estimate of drug-likeness (QED) is 0.578. The topological polar surface area (TPSA) is 15.3 Å². The van der Waals surface area contributed by atoms with Gasteiger partial charge in [-0.25, -0.2) is 0 Å². The number of nitrogens with one attached hydrogen (secondary N) is 1. The Labute approximate surface area is 55.9 Å². The van der Waals surface area contributed by atoms with Crippen LogP contribution in [0.1, 0.15) is 0 Å². The van der Waals surface area contributed by atoms with Gasteiger partial charge in [0.1, 0.15) is 0 Å². The molecule has 0 bridgehead atoms. The molecule has 1 N–H and O–H groups in total. The van der Waals surface area contributed by atoms with Gasteiger partial charge in [0.15, 0.2) is 0 Å². The molecule has 0 fully saturated rings. The summed E-state index contributed by atoms with van der Waals surface area (Å²) in [6.07, 6.45) is 8.32. The fourth-order valence-corrected chi connectivity index (χ4v) is 0.827. The summed E-state index contributed by atoms with van der Waals surface area (Å²) < 4.78 is 0. The smallest absolute Gasteiger partial charge is 0.0677 e. The van der Waals surface area contributed by atoms with E-state index in [4.69, 9.17) is 0 Å². The van der Waals surface area contributed by atoms with Crippen molar-refractivity contribution in [1.29, 1.82) is 0 Å². The van der Waals surface area contributed by atoms with Crippen molar-refractivity contribution in [2.24, 2.45) is 0 Å². The van der Waals surface area contributed by atoms with Crippen molar-refractivity contribution >= 4 is 0 Å². The molecule has 0 amide bonds. The van der Waals surface area contributed by atoms with Gasteiger partial charge in [0.25, 0.3) is 0 Å². The van der Waals surface area contributed by atoms with E-state index in [-0.39, 0.29) is 0 Å². The van der Waals surface area contributed by atoms with Crippen LogP contribution in [0.2, 0.25) is 0 Å². The lowest BCUT2D eigenvalue weighted by Crippen LogP contribution is -2.28. The zero-order valence-corrected chi connectivity index (χ0v) is 5.67. The minimum atomic E-state index is 0.931. The van der Waals surface area contributed by atoms with E-state index in [2.05, 4.69) is 28.6 Å². The molecule has 1 rings (SSSR count). The predicted octanol–water partition coefficient (Wildman–Crippen LogP) is 0.549. The molecule has 0 spiro atoms. The summed E-state index contributed by atoms with van der Waals surface area (Å²) in [6, 6.07) is 0. The Morgan fingerprint density at radius 2 is 2.44 bits per heavy atom. The monoisotopic (exact) mass is 124 g/mol. The maximum Gasteiger partial charge on any atom is 0.0677 e. The molecule has 2 nitrogen and oxygen atoms in total. The van der Waals surface area contributed by atoms with Gasteiger partial charge in [0, 0.05) is 12.7 Å². The summed E-state index contributed by atoms with van der Waals surface area (Å²) in [5.74, 6) is 0. The molecule has 0 aliphatic carbocycles. The van der Waals surface area contributed by atoms with Gasteiger partial charge in [-0.3, -0.25) is 0 Å². The fourth-order valence-electron chi connectivity index (χ4n) is 0.827. The van der Waals surface area contributed by atoms with Crippen LogP contribution in [0.4, 0.5) is 0 Å². The normalized spacial score (nSPS) is 16.8. The number of nitrogens with zero attached hydrogens (tertiary/aromatic N) is 1. The Bertz CT molecular complexity index is 127. The van der Waals surface area contributed by atoms with Crippen LogP contribution in [0.15, 0.2) is 24.4 Å². The molecule has 0 atom stereocenters. The predicted molar refractivity (Wildman–Crippen MR) is 38.9 cm³/mol. The van der Waals surface area contributed by atoms with Gasteiger partial charge >= 0.3 is 0 Å². The molecule has 1 aliphatic heterocycles. The van der Waals surface area contributed by atoms with Crippen LogP contribution in [0.3, 0.4) is 0 Å². The van der Waals surface area contributed by atoms with Crippen molar-refractivity contribution in [3.05, 3.63) is 24.4 Å². The van der Waals surface area contributed by atoms with Gasteiger partial charge in [-0.15, -0.1) is 0 Å². The average Bonchev–Trinajstić information content (AvgIpc) is 1.91. The maximum absolute atomic E-state index is 3.08. The summed E-state index contributed by atoms with van der Waals surface area (Å²) >= 11 is 0. The lowest BCUT2D eigenvalue weighted by Gasteiger charge is -2.19. The summed E-state index contributed by atoms with van der Waals surface area (Å²) in [7, 11) is 1.95. The molecular weight excluding hydrogens is 112 g/mol. The van der Waals surface area contributed by atoms with E-state index in [0.717, 1.165) is 13.2 Å². The SMILES string of the molecule is CNCN1C=CC=CC1. The third kappa shape index (κ3) is 1.90. The van der Waals surface area contributed by atoms with Crippen LogP contribution in [0, 0.1) is 0 Å². The molecule has 1 heterocycles. The number of allylic oxidation sites excluding steroid dienone is 2. The standard InChI is InChI=1S/C7H12N2/c1-8-7-9-5-3-2-4-6-9/h2-5,8H,6-7H2,1H3. The molecule has 0 saturated carbocycles. The zero-order valence-electron chi connectivity index (χ0n) is 5.67. The van der Waals surface area contributed by atoms with Crippen LogP contribution in [-0.4, -0.2) is 25.2 Å². The highest BCUT2D eigenvalue weighted by Gasteiger charge is 1.94. The van der Waals surface area contributed by atoms with E-state index in [0.29, 0.717) is 0 Å². The second-order valence-corrected chi connectivity index (χ2v) is 2.05. The maximum atomic E-state index is 3.08. The molecule has 2 heteroatoms. The van der Waals surface area contributed by atoms with Crippen LogP contribution >= 0.6 is 0 Å². The minimum Gasteiger partial charge on any atom is -0.361 e. The van der Waals surface area contributed by atoms with Crippen LogP contribution in [0.5, 0.6) is 0 Å². The first-order valence-electron chi connectivity index (χ1n) is 3.15. The summed E-state index contributed by atoms with van der Waals surface area (Å²) in [5.41, 5.74) is 0. The van der Waals surface area contributed by atoms with Gasteiger partial charge in [0.05, 0.1) is 6.67 Å². The highest BCUT2D eigenvalue weighted by Crippen LogP contribution is 1.94. The Kier molecular flexibility index (Phi) is 2.33. The van der Waals surface area contributed by atoms with Gasteiger partial charge in [-0.2, -0.15) is 0 Å². The molecule has 9 heavy (non-hydrogen) atoms. The van der Waals surface area contributed by atoms with E-state index in [1.807, 2.05) is 13.1 Å². The molecule has 0 radical (unpaired) electrons. The van der Waals surface area contributed by atoms with Gasteiger partial charge in [0.2, 0.25) is 0 Å². The summed E-state index contributed by atoms with van der Waals surface area (Å²) in [4.78, 5) is 2.19. The van der Waals surface area contributed by atoms with E-state index in [1.54, 1.807) is 0 Å². The molecule has 1 aliphatic rings. The average molecular weight is 124 g/mol. The Morgan fingerprint density at radius 3 is 3.00 bits per heavy atom. The molecule has 0 aromatic heterocycles. The first-order valence-corrected chi connectivity index (χ1v) is 3.15. The fraction of sp³-hybridized carbons (Fsp3) is 0.429. The molecule has 0 saturated heterocycles. The van der Waals surface area contributed by atoms with Crippen LogP contribution < -0.4 is 5.32 Å². The lowest BCUT2D eigenvalue weighted by molar-refractivity contribution is 0.388. The minimum absolute atomic E-state index is 0.931. The van der Waals surface area contributed by atoms with Crippen molar-refractivity contribution in [3.8, 4) is 0 Å². The second kappa shape index (κ2) is 3.30. The molecule has 0 aromatic rings. The van der Waals surface area contributed by atoms with E-state index >= 15 is 0 Å². The van der Waals surface area contributed by atoms with Gasteiger partial charge in [-0.05, 0) is 13.1 Å². The lowest BCUT2D eigenvalue weighted by atomic mass is 10.4. The first kappa shape index (κ1) is 6.36. The highest BCUT2D eigenvalue weighted by atomic mass is 15.2. The number of rotatable bonds is 2.